The molecule has 1 aliphatic heterocycles. The number of benzene rings is 2. The minimum atomic E-state index is -0.559. The van der Waals surface area contributed by atoms with E-state index in [0.29, 0.717) is 0 Å². The van der Waals surface area contributed by atoms with Gasteiger partial charge in [0.25, 0.3) is 0 Å². The van der Waals surface area contributed by atoms with Crippen LogP contribution in [0.25, 0.3) is 0 Å². The van der Waals surface area contributed by atoms with Crippen molar-refractivity contribution in [2.75, 3.05) is 36.5 Å². The van der Waals surface area contributed by atoms with Crippen molar-refractivity contribution in [2.24, 2.45) is 0 Å². The first-order valence-corrected chi connectivity index (χ1v) is 9.68. The minimum Gasteiger partial charge on any atom is -0.378 e. The lowest BCUT2D eigenvalue weighted by atomic mass is 9.78. The van der Waals surface area contributed by atoms with E-state index in [4.69, 9.17) is 4.74 Å². The average molecular weight is 368 g/mol. The number of hydrogen-bond donors (Lipinski definition) is 1. The van der Waals surface area contributed by atoms with Gasteiger partial charge >= 0.3 is 0 Å². The number of nitrogens with one attached hydrogen (secondary N) is 1. The SMILES string of the molecule is O=C(Nc1ccc(N2CCOCC2)cc1)C1(c2ccc(F)cc2)CCCC1. The lowest BCUT2D eigenvalue weighted by Crippen LogP contribution is -2.38. The van der Waals surface area contributed by atoms with Gasteiger partial charge in [-0.1, -0.05) is 25.0 Å². The number of carbonyl (C=O) groups is 1. The van der Waals surface area contributed by atoms with Gasteiger partial charge in [-0.3, -0.25) is 4.79 Å². The normalized spacial score (nSPS) is 19.1. The monoisotopic (exact) mass is 368 g/mol. The van der Waals surface area contributed by atoms with E-state index in [1.807, 2.05) is 24.3 Å². The lowest BCUT2D eigenvalue weighted by Gasteiger charge is -2.30. The molecule has 5 heteroatoms. The van der Waals surface area contributed by atoms with Crippen LogP contribution in [0.4, 0.5) is 15.8 Å². The number of rotatable bonds is 4. The number of morpholine rings is 1. The maximum Gasteiger partial charge on any atom is 0.235 e. The second kappa shape index (κ2) is 7.69. The van der Waals surface area contributed by atoms with E-state index in [1.54, 1.807) is 12.1 Å². The molecular weight excluding hydrogens is 343 g/mol. The fourth-order valence-corrected chi connectivity index (χ4v) is 4.22. The summed E-state index contributed by atoms with van der Waals surface area (Å²) in [5.74, 6) is -0.267. The van der Waals surface area contributed by atoms with Gasteiger partial charge in [0.1, 0.15) is 5.82 Å². The molecule has 1 N–H and O–H groups in total. The zero-order chi connectivity index (χ0) is 18.7. The Labute approximate surface area is 159 Å². The Bertz CT molecular complexity index is 777. The molecule has 4 rings (SSSR count). The minimum absolute atomic E-state index is 0.00531. The van der Waals surface area contributed by atoms with E-state index < -0.39 is 5.41 Å². The molecule has 4 nitrogen and oxygen atoms in total. The fourth-order valence-electron chi connectivity index (χ4n) is 4.22. The number of amides is 1. The van der Waals surface area contributed by atoms with Crippen molar-refractivity contribution in [1.29, 1.82) is 0 Å². The Hall–Kier alpha value is -2.40. The second-order valence-corrected chi connectivity index (χ2v) is 7.40. The van der Waals surface area contributed by atoms with Gasteiger partial charge in [-0.2, -0.15) is 0 Å². The van der Waals surface area contributed by atoms with Crippen molar-refractivity contribution >= 4 is 17.3 Å². The second-order valence-electron chi connectivity index (χ2n) is 7.40. The van der Waals surface area contributed by atoms with Gasteiger partial charge in [0.05, 0.1) is 18.6 Å². The van der Waals surface area contributed by atoms with Crippen molar-refractivity contribution in [3.63, 3.8) is 0 Å². The molecule has 1 aliphatic carbocycles. The van der Waals surface area contributed by atoms with Crippen molar-refractivity contribution in [3.05, 3.63) is 59.9 Å². The molecule has 1 heterocycles. The number of anilines is 2. The van der Waals surface area contributed by atoms with E-state index in [2.05, 4.69) is 10.2 Å². The van der Waals surface area contributed by atoms with Crippen LogP contribution < -0.4 is 10.2 Å². The maximum atomic E-state index is 13.3. The third-order valence-electron chi connectivity index (χ3n) is 5.79. The highest BCUT2D eigenvalue weighted by Crippen LogP contribution is 2.42. The zero-order valence-electron chi connectivity index (χ0n) is 15.4. The molecule has 0 spiro atoms. The summed E-state index contributed by atoms with van der Waals surface area (Å²) >= 11 is 0. The summed E-state index contributed by atoms with van der Waals surface area (Å²) in [6.07, 6.45) is 3.63. The van der Waals surface area contributed by atoms with Crippen LogP contribution in [0.1, 0.15) is 31.2 Å². The van der Waals surface area contributed by atoms with Gasteiger partial charge in [-0.05, 0) is 54.8 Å². The molecule has 2 aliphatic rings. The standard InChI is InChI=1S/C22H25FN2O2/c23-18-5-3-17(4-6-18)22(11-1-2-12-22)21(26)24-19-7-9-20(10-8-19)25-13-15-27-16-14-25/h3-10H,1-2,11-16H2,(H,24,26). The summed E-state index contributed by atoms with van der Waals surface area (Å²) in [4.78, 5) is 15.5. The van der Waals surface area contributed by atoms with Crippen LogP contribution in [0.2, 0.25) is 0 Å². The Morgan fingerprint density at radius 2 is 1.59 bits per heavy atom. The molecule has 2 aromatic rings. The van der Waals surface area contributed by atoms with Gasteiger partial charge in [0.15, 0.2) is 0 Å². The van der Waals surface area contributed by atoms with Crippen LogP contribution >= 0.6 is 0 Å². The van der Waals surface area contributed by atoms with Gasteiger partial charge in [0, 0.05) is 24.5 Å². The Morgan fingerprint density at radius 1 is 0.963 bits per heavy atom. The van der Waals surface area contributed by atoms with E-state index in [9.17, 15) is 9.18 Å². The molecule has 1 saturated carbocycles. The number of halogens is 1. The van der Waals surface area contributed by atoms with Gasteiger partial charge in [-0.15, -0.1) is 0 Å². The van der Waals surface area contributed by atoms with E-state index in [1.165, 1.54) is 12.1 Å². The summed E-state index contributed by atoms with van der Waals surface area (Å²) in [6, 6.07) is 14.4. The highest BCUT2D eigenvalue weighted by Gasteiger charge is 2.42. The molecule has 0 aromatic heterocycles. The maximum absolute atomic E-state index is 13.3. The molecule has 0 bridgehead atoms. The van der Waals surface area contributed by atoms with Gasteiger partial charge in [-0.25, -0.2) is 4.39 Å². The summed E-state index contributed by atoms with van der Waals surface area (Å²) in [6.45, 7) is 3.27. The Morgan fingerprint density at radius 3 is 2.22 bits per heavy atom. The molecule has 2 aromatic carbocycles. The first-order chi connectivity index (χ1) is 13.2. The van der Waals surface area contributed by atoms with Crippen LogP contribution in [0.15, 0.2) is 48.5 Å². The van der Waals surface area contributed by atoms with Crippen molar-refractivity contribution in [2.45, 2.75) is 31.1 Å². The fraction of sp³-hybridized carbons (Fsp3) is 0.409. The number of hydrogen-bond acceptors (Lipinski definition) is 3. The van der Waals surface area contributed by atoms with Crippen LogP contribution in [-0.4, -0.2) is 32.2 Å². The summed E-state index contributed by atoms with van der Waals surface area (Å²) < 4.78 is 18.7. The lowest BCUT2D eigenvalue weighted by molar-refractivity contribution is -0.121. The van der Waals surface area contributed by atoms with Crippen LogP contribution in [0.5, 0.6) is 0 Å². The average Bonchev–Trinajstić information content (AvgIpc) is 3.21. The predicted molar refractivity (Wildman–Crippen MR) is 105 cm³/mol. The zero-order valence-corrected chi connectivity index (χ0v) is 15.4. The van der Waals surface area contributed by atoms with Gasteiger partial charge in [0.2, 0.25) is 5.91 Å². The highest BCUT2D eigenvalue weighted by atomic mass is 19.1. The van der Waals surface area contributed by atoms with Crippen LogP contribution in [-0.2, 0) is 14.9 Å². The third kappa shape index (κ3) is 3.69. The smallest absolute Gasteiger partial charge is 0.235 e. The summed E-state index contributed by atoms with van der Waals surface area (Å²) in [5, 5.41) is 3.09. The number of carbonyl (C=O) groups excluding carboxylic acids is 1. The van der Waals surface area contributed by atoms with E-state index in [-0.39, 0.29) is 11.7 Å². The predicted octanol–water partition coefficient (Wildman–Crippen LogP) is 4.11. The summed E-state index contributed by atoms with van der Waals surface area (Å²) in [7, 11) is 0. The van der Waals surface area contributed by atoms with Crippen molar-refractivity contribution < 1.29 is 13.9 Å². The van der Waals surface area contributed by atoms with Crippen molar-refractivity contribution in [1.82, 2.24) is 0 Å². The van der Waals surface area contributed by atoms with Gasteiger partial charge < -0.3 is 15.0 Å². The topological polar surface area (TPSA) is 41.6 Å². The molecule has 0 unspecified atom stereocenters. The quantitative estimate of drug-likeness (QED) is 0.883. The first kappa shape index (κ1) is 18.0. The number of ether oxygens (including phenoxy) is 1. The molecule has 0 atom stereocenters. The molecule has 27 heavy (non-hydrogen) atoms. The Balaban J connectivity index is 1.50. The van der Waals surface area contributed by atoms with Crippen LogP contribution in [0, 0.1) is 5.82 Å². The molecule has 1 amide bonds. The molecule has 2 fully saturated rings. The Kier molecular flexibility index (Phi) is 5.12. The first-order valence-electron chi connectivity index (χ1n) is 9.68. The van der Waals surface area contributed by atoms with E-state index >= 15 is 0 Å². The molecular formula is C22H25FN2O2. The van der Waals surface area contributed by atoms with E-state index in [0.717, 1.165) is 68.9 Å². The molecule has 1 saturated heterocycles. The highest BCUT2D eigenvalue weighted by molar-refractivity contribution is 5.99. The van der Waals surface area contributed by atoms with Crippen LogP contribution in [0.3, 0.4) is 0 Å². The summed E-state index contributed by atoms with van der Waals surface area (Å²) in [5.41, 5.74) is 2.29. The molecule has 142 valence electrons. The number of nitrogens with zero attached hydrogens (tertiary/aromatic N) is 1. The largest absolute Gasteiger partial charge is 0.378 e. The molecule has 0 radical (unpaired) electrons. The van der Waals surface area contributed by atoms with Crippen molar-refractivity contribution in [3.8, 4) is 0 Å². The third-order valence-corrected chi connectivity index (χ3v) is 5.79.